The number of H-pyrrole nitrogens is 1. The first-order valence-corrected chi connectivity index (χ1v) is 6.18. The second kappa shape index (κ2) is 4.09. The number of rotatable bonds is 2. The number of fused-ring (bicyclic) bond motifs is 1. The van der Waals surface area contributed by atoms with E-state index in [1.165, 1.54) is 0 Å². The molecule has 6 heteroatoms. The molecule has 1 aromatic heterocycles. The van der Waals surface area contributed by atoms with E-state index in [1.807, 2.05) is 0 Å². The van der Waals surface area contributed by atoms with Crippen molar-refractivity contribution in [3.05, 3.63) is 39.5 Å². The number of nitrogens with one attached hydrogen (secondary N) is 1. The number of pyridine rings is 1. The van der Waals surface area contributed by atoms with Crippen molar-refractivity contribution in [1.82, 2.24) is 4.98 Å². The minimum absolute atomic E-state index is 0.00370. The van der Waals surface area contributed by atoms with Gasteiger partial charge in [-0.2, -0.15) is 0 Å². The summed E-state index contributed by atoms with van der Waals surface area (Å²) in [4.78, 5) is 14.2. The van der Waals surface area contributed by atoms with E-state index in [0.717, 1.165) is 25.0 Å². The quantitative estimate of drug-likeness (QED) is 0.824. The predicted molar refractivity (Wildman–Crippen MR) is 68.0 cm³/mol. The molecule has 0 radical (unpaired) electrons. The molecule has 0 saturated heterocycles. The Labute approximate surface area is 111 Å². The maximum Gasteiger partial charge on any atom is 0.338 e. The average molecular weight is 281 g/mol. The van der Waals surface area contributed by atoms with Gasteiger partial charge in [-0.25, -0.2) is 13.6 Å². The van der Waals surface area contributed by atoms with Gasteiger partial charge in [0.05, 0.1) is 15.6 Å². The highest BCUT2D eigenvalue weighted by molar-refractivity contribution is 7.71. The van der Waals surface area contributed by atoms with Gasteiger partial charge in [-0.1, -0.05) is 12.2 Å². The van der Waals surface area contributed by atoms with E-state index < -0.39 is 17.6 Å². The molecule has 0 spiro atoms. The van der Waals surface area contributed by atoms with Crippen LogP contribution in [0.5, 0.6) is 0 Å². The summed E-state index contributed by atoms with van der Waals surface area (Å²) >= 11 is 5.12. The van der Waals surface area contributed by atoms with E-state index in [1.54, 1.807) is 0 Å². The third-order valence-electron chi connectivity index (χ3n) is 3.27. The largest absolute Gasteiger partial charge is 0.478 e. The lowest BCUT2D eigenvalue weighted by molar-refractivity contribution is 0.0694. The minimum atomic E-state index is -1.14. The highest BCUT2D eigenvalue weighted by atomic mass is 32.1. The van der Waals surface area contributed by atoms with Crippen LogP contribution in [0.3, 0.4) is 0 Å². The molecule has 1 aliphatic rings. The Morgan fingerprint density at radius 1 is 1.32 bits per heavy atom. The Balaban J connectivity index is 2.42. The van der Waals surface area contributed by atoms with Gasteiger partial charge >= 0.3 is 5.97 Å². The molecule has 1 fully saturated rings. The van der Waals surface area contributed by atoms with E-state index >= 15 is 0 Å². The third-order valence-corrected chi connectivity index (χ3v) is 3.69. The molecule has 0 amide bonds. The van der Waals surface area contributed by atoms with Crippen molar-refractivity contribution in [1.29, 1.82) is 0 Å². The first-order chi connectivity index (χ1) is 8.99. The minimum Gasteiger partial charge on any atom is -0.478 e. The normalized spacial score (nSPS) is 14.8. The topological polar surface area (TPSA) is 53.1 Å². The fraction of sp³-hybridized carbons (Fsp3) is 0.231. The van der Waals surface area contributed by atoms with E-state index in [4.69, 9.17) is 12.2 Å². The highest BCUT2D eigenvalue weighted by Crippen LogP contribution is 2.42. The highest BCUT2D eigenvalue weighted by Gasteiger charge is 2.30. The summed E-state index contributed by atoms with van der Waals surface area (Å²) in [5.41, 5.74) is 0.836. The predicted octanol–water partition coefficient (Wildman–Crippen LogP) is 3.75. The molecule has 1 aliphatic carbocycles. The number of carboxylic acids is 1. The van der Waals surface area contributed by atoms with Crippen LogP contribution in [0.1, 0.15) is 34.8 Å². The Hall–Kier alpha value is -1.82. The van der Waals surface area contributed by atoms with Gasteiger partial charge in [-0.15, -0.1) is 0 Å². The van der Waals surface area contributed by atoms with Gasteiger partial charge in [0.25, 0.3) is 0 Å². The van der Waals surface area contributed by atoms with E-state index in [2.05, 4.69) is 4.98 Å². The third kappa shape index (κ3) is 1.92. The summed E-state index contributed by atoms with van der Waals surface area (Å²) < 4.78 is 26.6. The Morgan fingerprint density at radius 3 is 2.53 bits per heavy atom. The molecule has 2 N–H and O–H groups in total. The zero-order valence-electron chi connectivity index (χ0n) is 9.67. The molecule has 3 nitrogen and oxygen atoms in total. The van der Waals surface area contributed by atoms with Crippen LogP contribution in [0.4, 0.5) is 8.78 Å². The molecular formula is C13H9F2NO2S. The van der Waals surface area contributed by atoms with Gasteiger partial charge in [-0.3, -0.25) is 0 Å². The zero-order valence-corrected chi connectivity index (χ0v) is 10.5. The maximum atomic E-state index is 13.3. The van der Waals surface area contributed by atoms with Crippen LogP contribution in [0.15, 0.2) is 12.1 Å². The van der Waals surface area contributed by atoms with Crippen LogP contribution in [0, 0.1) is 16.1 Å². The number of halogens is 2. The van der Waals surface area contributed by atoms with E-state index in [9.17, 15) is 18.7 Å². The molecule has 1 heterocycles. The summed E-state index contributed by atoms with van der Waals surface area (Å²) in [5, 5.41) is 9.47. The molecule has 0 aliphatic heterocycles. The summed E-state index contributed by atoms with van der Waals surface area (Å²) in [7, 11) is 0. The van der Waals surface area contributed by atoms with Gasteiger partial charge in [0.15, 0.2) is 11.6 Å². The van der Waals surface area contributed by atoms with Crippen molar-refractivity contribution in [2.24, 2.45) is 0 Å². The maximum absolute atomic E-state index is 13.3. The second-order valence-corrected chi connectivity index (χ2v) is 5.04. The Bertz CT molecular complexity index is 765. The van der Waals surface area contributed by atoms with Crippen LogP contribution in [-0.4, -0.2) is 16.1 Å². The Kier molecular flexibility index (Phi) is 2.63. The van der Waals surface area contributed by atoms with Crippen LogP contribution < -0.4 is 0 Å². The summed E-state index contributed by atoms with van der Waals surface area (Å²) in [6, 6.07) is 1.95. The molecule has 0 atom stereocenters. The lowest BCUT2D eigenvalue weighted by Crippen LogP contribution is -2.06. The molecule has 0 unspecified atom stereocenters. The number of aromatic nitrogens is 1. The number of aromatic carboxylic acids is 1. The number of carboxylic acid groups (broad SMARTS) is 1. The van der Waals surface area contributed by atoms with Crippen LogP contribution >= 0.6 is 12.2 Å². The number of carbonyl (C=O) groups is 1. The van der Waals surface area contributed by atoms with Crippen molar-refractivity contribution < 1.29 is 18.7 Å². The fourth-order valence-electron chi connectivity index (χ4n) is 2.19. The van der Waals surface area contributed by atoms with Crippen molar-refractivity contribution in [3.8, 4) is 0 Å². The molecule has 0 bridgehead atoms. The van der Waals surface area contributed by atoms with Gasteiger partial charge in [0, 0.05) is 17.1 Å². The van der Waals surface area contributed by atoms with Gasteiger partial charge in [-0.05, 0) is 24.8 Å². The lowest BCUT2D eigenvalue weighted by atomic mass is 10.1. The number of aromatic amines is 1. The molecule has 2 aromatic rings. The molecule has 1 aromatic carbocycles. The van der Waals surface area contributed by atoms with E-state index in [-0.39, 0.29) is 21.4 Å². The lowest BCUT2D eigenvalue weighted by Gasteiger charge is -2.09. The number of benzene rings is 1. The standard InChI is InChI=1S/C13H9F2NO2S/c14-7-3-6-9(4-8(7)15)16-11(5-1-2-5)10(12(6)19)13(17)18/h3-5H,1-2H2,(H,16,19)(H,17,18). The van der Waals surface area contributed by atoms with Gasteiger partial charge in [0.1, 0.15) is 0 Å². The second-order valence-electron chi connectivity index (χ2n) is 4.63. The van der Waals surface area contributed by atoms with Crippen LogP contribution in [-0.2, 0) is 0 Å². The van der Waals surface area contributed by atoms with Crippen LogP contribution in [0.2, 0.25) is 0 Å². The molecular weight excluding hydrogens is 272 g/mol. The monoisotopic (exact) mass is 281 g/mol. The van der Waals surface area contributed by atoms with Gasteiger partial charge in [0.2, 0.25) is 0 Å². The van der Waals surface area contributed by atoms with Crippen molar-refractivity contribution in [3.63, 3.8) is 0 Å². The summed E-state index contributed by atoms with van der Waals surface area (Å²) in [6.07, 6.45) is 1.75. The van der Waals surface area contributed by atoms with Gasteiger partial charge < -0.3 is 10.1 Å². The summed E-state index contributed by atoms with van der Waals surface area (Å²) in [6.45, 7) is 0. The first kappa shape index (κ1) is 12.2. The fourth-order valence-corrected chi connectivity index (χ4v) is 2.56. The Morgan fingerprint density at radius 2 is 1.95 bits per heavy atom. The molecule has 1 saturated carbocycles. The van der Waals surface area contributed by atoms with E-state index in [0.29, 0.717) is 11.2 Å². The average Bonchev–Trinajstić information content (AvgIpc) is 3.15. The molecule has 19 heavy (non-hydrogen) atoms. The molecule has 98 valence electrons. The number of hydrogen-bond donors (Lipinski definition) is 2. The van der Waals surface area contributed by atoms with Crippen molar-refractivity contribution in [2.75, 3.05) is 0 Å². The number of hydrogen-bond acceptors (Lipinski definition) is 2. The zero-order chi connectivity index (χ0) is 13.7. The summed E-state index contributed by atoms with van der Waals surface area (Å²) in [5.74, 6) is -3.05. The molecule has 3 rings (SSSR count). The SMILES string of the molecule is O=C(O)c1c(C2CC2)[nH]c2cc(F)c(F)cc2c1=S. The van der Waals surface area contributed by atoms with Crippen molar-refractivity contribution >= 4 is 29.1 Å². The first-order valence-electron chi connectivity index (χ1n) is 5.77. The van der Waals surface area contributed by atoms with Crippen LogP contribution in [0.25, 0.3) is 10.9 Å². The van der Waals surface area contributed by atoms with Crippen molar-refractivity contribution in [2.45, 2.75) is 18.8 Å². The smallest absolute Gasteiger partial charge is 0.338 e.